The molecule has 0 unspecified atom stereocenters. The van der Waals surface area contributed by atoms with Gasteiger partial charge in [-0.25, -0.2) is 0 Å². The largest absolute Gasteiger partial charge is 0.496 e. The summed E-state index contributed by atoms with van der Waals surface area (Å²) in [7, 11) is 0.201. The van der Waals surface area contributed by atoms with Crippen LogP contribution in [0.4, 0.5) is 5.69 Å². The Labute approximate surface area is 265 Å². The lowest BCUT2D eigenvalue weighted by Crippen LogP contribution is -2.32. The molecule has 0 atom stereocenters. The van der Waals surface area contributed by atoms with Gasteiger partial charge in [0, 0.05) is 43.9 Å². The van der Waals surface area contributed by atoms with Gasteiger partial charge in [-0.1, -0.05) is 74.2 Å². The summed E-state index contributed by atoms with van der Waals surface area (Å²) in [5.41, 5.74) is 5.72. The number of nitrogens with zero attached hydrogens (tertiary/aromatic N) is 1. The van der Waals surface area contributed by atoms with Gasteiger partial charge in [0.1, 0.15) is 26.3 Å². The van der Waals surface area contributed by atoms with Crippen molar-refractivity contribution >= 4 is 41.1 Å². The molecule has 7 heteroatoms. The summed E-state index contributed by atoms with van der Waals surface area (Å²) in [6.45, 7) is 10.4. The molecule has 1 N–H and O–H groups in total. The molecule has 0 bridgehead atoms. The van der Waals surface area contributed by atoms with Crippen LogP contribution >= 0.6 is 11.3 Å². The molecule has 5 nitrogen and oxygen atoms in total. The number of methoxy groups -OCH3 is 1. The summed E-state index contributed by atoms with van der Waals surface area (Å²) >= 11 is 1.64. The van der Waals surface area contributed by atoms with Crippen molar-refractivity contribution < 1.29 is 14.3 Å². The lowest BCUT2D eigenvalue weighted by Gasteiger charge is -2.19. The van der Waals surface area contributed by atoms with E-state index in [0.717, 1.165) is 74.0 Å². The van der Waals surface area contributed by atoms with Gasteiger partial charge in [-0.05, 0) is 73.5 Å². The minimum absolute atomic E-state index is 0.000438. The second-order valence-corrected chi connectivity index (χ2v) is 18.3. The van der Waals surface area contributed by atoms with Gasteiger partial charge in [0.2, 0.25) is 0 Å². The van der Waals surface area contributed by atoms with E-state index >= 15 is 0 Å². The Hall–Kier alpha value is -3.91. The number of fused-ring (bicyclic) bond motifs is 1. The number of thiophene rings is 1. The number of likely N-dealkylation sites (tertiary alicyclic amines) is 1. The summed E-state index contributed by atoms with van der Waals surface area (Å²) in [5.74, 6) is 1.55. The number of benzene rings is 4. The van der Waals surface area contributed by atoms with E-state index in [1.54, 1.807) is 18.4 Å². The zero-order valence-corrected chi connectivity index (χ0v) is 27.8. The molecule has 0 aliphatic carbocycles. The smallest absolute Gasteiger partial charge is 0.195 e. The van der Waals surface area contributed by atoms with E-state index in [0.29, 0.717) is 12.2 Å². The molecule has 226 valence electrons. The fourth-order valence-corrected chi connectivity index (χ4v) is 8.08. The number of carbonyl (C=O) groups is 1. The van der Waals surface area contributed by atoms with Gasteiger partial charge in [0.15, 0.2) is 5.78 Å². The second kappa shape index (κ2) is 13.0. The van der Waals surface area contributed by atoms with Crippen LogP contribution in [0.3, 0.4) is 0 Å². The van der Waals surface area contributed by atoms with Crippen LogP contribution in [0, 0.1) is 0 Å². The Morgan fingerprint density at radius 2 is 1.66 bits per heavy atom. The first kappa shape index (κ1) is 30.1. The quantitative estimate of drug-likeness (QED) is 0.118. The number of hydrogen-bond acceptors (Lipinski definition) is 6. The van der Waals surface area contributed by atoms with Crippen molar-refractivity contribution in [1.82, 2.24) is 4.90 Å². The zero-order valence-electron chi connectivity index (χ0n) is 26.0. The van der Waals surface area contributed by atoms with Crippen LogP contribution < -0.4 is 14.5 Å². The molecule has 1 aromatic heterocycles. The van der Waals surface area contributed by atoms with Gasteiger partial charge in [-0.2, -0.15) is 0 Å². The van der Waals surface area contributed by atoms with E-state index in [2.05, 4.69) is 78.1 Å². The third-order valence-electron chi connectivity index (χ3n) is 7.95. The van der Waals surface area contributed by atoms with Gasteiger partial charge in [0.05, 0.1) is 7.11 Å². The third kappa shape index (κ3) is 6.91. The van der Waals surface area contributed by atoms with Gasteiger partial charge in [-0.3, -0.25) is 9.69 Å². The van der Waals surface area contributed by atoms with Gasteiger partial charge >= 0.3 is 0 Å². The van der Waals surface area contributed by atoms with Gasteiger partial charge < -0.3 is 14.5 Å². The normalized spacial score (nSPS) is 13.7. The van der Waals surface area contributed by atoms with Crippen molar-refractivity contribution in [3.05, 3.63) is 113 Å². The van der Waals surface area contributed by atoms with E-state index in [-0.39, 0.29) is 5.78 Å². The highest BCUT2D eigenvalue weighted by Gasteiger charge is 2.24. The van der Waals surface area contributed by atoms with E-state index in [1.165, 1.54) is 12.8 Å². The van der Waals surface area contributed by atoms with Crippen LogP contribution in [-0.4, -0.2) is 39.1 Å². The van der Waals surface area contributed by atoms with E-state index in [9.17, 15) is 4.79 Å². The highest BCUT2D eigenvalue weighted by atomic mass is 32.1. The molecule has 1 fully saturated rings. The highest BCUT2D eigenvalue weighted by molar-refractivity contribution is 7.22. The SMILES string of the molecule is COc1cc(C(=O)c2c(-c3ccc(N[Si](C)(C)C)cc3)sc3cc(OCc4ccccc4)ccc23)ccc1CN1CCCC1. The topological polar surface area (TPSA) is 50.8 Å². The lowest BCUT2D eigenvalue weighted by atomic mass is 9.96. The Morgan fingerprint density at radius 3 is 2.36 bits per heavy atom. The number of ketones is 1. The van der Waals surface area contributed by atoms with Crippen molar-refractivity contribution in [3.8, 4) is 21.9 Å². The molecule has 44 heavy (non-hydrogen) atoms. The number of rotatable bonds is 11. The standard InChI is InChI=1S/C37H40N2O3SSi/c1-41-33-22-28(12-13-29(33)24-39-20-8-9-21-39)36(40)35-32-19-18-31(42-25-26-10-6-5-7-11-26)23-34(32)43-37(35)27-14-16-30(17-15-27)38-44(2,3)4/h5-7,10-19,22-23,38H,8-9,20-21,24-25H2,1-4H3. The molecule has 0 radical (unpaired) electrons. The fourth-order valence-electron chi connectivity index (χ4n) is 5.82. The molecule has 1 aliphatic heterocycles. The average Bonchev–Trinajstić information content (AvgIpc) is 3.67. The fraction of sp³-hybridized carbons (Fsp3) is 0.270. The zero-order chi connectivity index (χ0) is 30.7. The van der Waals surface area contributed by atoms with E-state index in [1.807, 2.05) is 42.5 Å². The molecule has 0 saturated carbocycles. The molecule has 0 spiro atoms. The highest BCUT2D eigenvalue weighted by Crippen LogP contribution is 2.42. The first-order valence-corrected chi connectivity index (χ1v) is 19.6. The van der Waals surface area contributed by atoms with Crippen LogP contribution in [0.25, 0.3) is 20.5 Å². The number of anilines is 1. The summed E-state index contributed by atoms with van der Waals surface area (Å²) in [5, 5.41) is 0.937. The van der Waals surface area contributed by atoms with Crippen LogP contribution in [0.5, 0.6) is 11.5 Å². The average molecular weight is 621 g/mol. The molecule has 1 saturated heterocycles. The number of nitrogens with one attached hydrogen (secondary N) is 1. The minimum Gasteiger partial charge on any atom is -0.496 e. The van der Waals surface area contributed by atoms with E-state index < -0.39 is 8.24 Å². The second-order valence-electron chi connectivity index (χ2n) is 12.5. The van der Waals surface area contributed by atoms with Crippen LogP contribution in [0.15, 0.2) is 91.0 Å². The Morgan fingerprint density at radius 1 is 0.909 bits per heavy atom. The molecular formula is C37H40N2O3SSi. The van der Waals surface area contributed by atoms with Crippen LogP contribution in [0.1, 0.15) is 39.9 Å². The predicted octanol–water partition coefficient (Wildman–Crippen LogP) is 9.23. The maximum atomic E-state index is 14.4. The van der Waals surface area contributed by atoms with Crippen molar-refractivity contribution in [3.63, 3.8) is 0 Å². The molecular weight excluding hydrogens is 581 g/mol. The van der Waals surface area contributed by atoms with Crippen LogP contribution in [0.2, 0.25) is 19.6 Å². The van der Waals surface area contributed by atoms with Gasteiger partial charge in [-0.15, -0.1) is 11.3 Å². The minimum atomic E-state index is -1.49. The maximum Gasteiger partial charge on any atom is 0.195 e. The summed E-state index contributed by atoms with van der Waals surface area (Å²) in [6, 6.07) is 30.6. The van der Waals surface area contributed by atoms with Crippen molar-refractivity contribution in [2.75, 3.05) is 25.2 Å². The Kier molecular flexibility index (Phi) is 8.89. The first-order chi connectivity index (χ1) is 21.3. The van der Waals surface area contributed by atoms with Gasteiger partial charge in [0.25, 0.3) is 0 Å². The molecule has 2 heterocycles. The maximum absolute atomic E-state index is 14.4. The molecule has 1 aliphatic rings. The summed E-state index contributed by atoms with van der Waals surface area (Å²) in [6.07, 6.45) is 2.47. The van der Waals surface area contributed by atoms with Crippen molar-refractivity contribution in [2.45, 2.75) is 45.6 Å². The predicted molar refractivity (Wildman–Crippen MR) is 186 cm³/mol. The third-order valence-corrected chi connectivity index (χ3v) is 10.2. The monoisotopic (exact) mass is 620 g/mol. The Balaban J connectivity index is 1.37. The van der Waals surface area contributed by atoms with Crippen molar-refractivity contribution in [2.24, 2.45) is 0 Å². The van der Waals surface area contributed by atoms with E-state index in [4.69, 9.17) is 9.47 Å². The molecule has 6 rings (SSSR count). The number of ether oxygens (including phenoxy) is 2. The Bertz CT molecular complexity index is 1750. The number of carbonyl (C=O) groups excluding carboxylic acids is 1. The first-order valence-electron chi connectivity index (χ1n) is 15.3. The molecule has 0 amide bonds. The molecule has 4 aromatic carbocycles. The van der Waals surface area contributed by atoms with Crippen LogP contribution in [-0.2, 0) is 13.2 Å². The lowest BCUT2D eigenvalue weighted by molar-refractivity contribution is 0.104. The number of hydrogen-bond donors (Lipinski definition) is 1. The summed E-state index contributed by atoms with van der Waals surface area (Å²) in [4.78, 5) is 21.5. The molecule has 5 aromatic rings. The van der Waals surface area contributed by atoms with Crippen molar-refractivity contribution in [1.29, 1.82) is 0 Å². The summed E-state index contributed by atoms with van der Waals surface area (Å²) < 4.78 is 13.0.